The van der Waals surface area contributed by atoms with E-state index in [9.17, 15) is 14.4 Å². The molecule has 4 atom stereocenters. The second-order valence-corrected chi connectivity index (χ2v) is 9.52. The van der Waals surface area contributed by atoms with E-state index in [0.717, 1.165) is 16.9 Å². The van der Waals surface area contributed by atoms with Gasteiger partial charge < -0.3 is 18.9 Å². The van der Waals surface area contributed by atoms with E-state index < -0.39 is 47.7 Å². The molecule has 1 saturated heterocycles. The molecule has 1 aromatic carbocycles. The number of amides is 1. The summed E-state index contributed by atoms with van der Waals surface area (Å²) < 4.78 is 21.7. The molecule has 178 valence electrons. The highest BCUT2D eigenvalue weighted by Gasteiger charge is 2.53. The number of hydrogen-bond acceptors (Lipinski definition) is 8. The fraction of sp³-hybridized carbons (Fsp3) is 0.542. The second kappa shape index (κ2) is 8.37. The zero-order chi connectivity index (χ0) is 24.1. The first-order valence-electron chi connectivity index (χ1n) is 10.9. The summed E-state index contributed by atoms with van der Waals surface area (Å²) in [5, 5.41) is 0. The molecule has 4 rings (SSSR count). The van der Waals surface area contributed by atoms with Gasteiger partial charge in [-0.1, -0.05) is 12.1 Å². The Labute approximate surface area is 193 Å². The number of benzene rings is 1. The maximum Gasteiger partial charge on any atom is 0.415 e. The Morgan fingerprint density at radius 2 is 1.79 bits per heavy atom. The summed E-state index contributed by atoms with van der Waals surface area (Å²) in [5.74, 6) is -0.850. The predicted octanol–water partition coefficient (Wildman–Crippen LogP) is 2.75. The van der Waals surface area contributed by atoms with Gasteiger partial charge in [-0.2, -0.15) is 0 Å². The highest BCUT2D eigenvalue weighted by Crippen LogP contribution is 2.48. The van der Waals surface area contributed by atoms with E-state index in [4.69, 9.17) is 18.9 Å². The van der Waals surface area contributed by atoms with Crippen molar-refractivity contribution in [2.24, 2.45) is 5.92 Å². The van der Waals surface area contributed by atoms with Crippen LogP contribution in [0.5, 0.6) is 5.75 Å². The molecule has 3 aliphatic rings. The smallest absolute Gasteiger partial charge is 0.415 e. The molecule has 1 aromatic rings. The Morgan fingerprint density at radius 3 is 2.42 bits per heavy atom. The molecule has 3 heterocycles. The first kappa shape index (κ1) is 23.1. The van der Waals surface area contributed by atoms with E-state index in [0.29, 0.717) is 5.70 Å². The summed E-state index contributed by atoms with van der Waals surface area (Å²) in [6.07, 6.45) is 1.56. The van der Waals surface area contributed by atoms with E-state index in [1.807, 2.05) is 24.3 Å². The van der Waals surface area contributed by atoms with Crippen LogP contribution in [0.3, 0.4) is 0 Å². The lowest BCUT2D eigenvalue weighted by Gasteiger charge is -2.40. The minimum absolute atomic E-state index is 0.216. The van der Waals surface area contributed by atoms with Gasteiger partial charge in [-0.25, -0.2) is 4.79 Å². The fourth-order valence-electron chi connectivity index (χ4n) is 5.01. The van der Waals surface area contributed by atoms with Crippen molar-refractivity contribution in [1.29, 1.82) is 0 Å². The number of carbonyl (C=O) groups excluding carboxylic acids is 3. The monoisotopic (exact) mass is 458 g/mol. The summed E-state index contributed by atoms with van der Waals surface area (Å²) in [6, 6.07) is 4.05. The molecule has 0 bridgehead atoms. The van der Waals surface area contributed by atoms with Crippen LogP contribution in [-0.4, -0.2) is 73.4 Å². The quantitative estimate of drug-likeness (QED) is 0.504. The lowest BCUT2D eigenvalue weighted by Crippen LogP contribution is -2.49. The Morgan fingerprint density at radius 1 is 1.09 bits per heavy atom. The molecule has 9 heteroatoms. The zero-order valence-corrected chi connectivity index (χ0v) is 19.8. The van der Waals surface area contributed by atoms with Crippen molar-refractivity contribution >= 4 is 24.1 Å². The highest BCUT2D eigenvalue weighted by molar-refractivity contribution is 5.83. The van der Waals surface area contributed by atoms with Crippen molar-refractivity contribution in [3.8, 4) is 5.75 Å². The third-order valence-corrected chi connectivity index (χ3v) is 6.38. The number of nitrogens with zero attached hydrogens (tertiary/aromatic N) is 2. The average molecular weight is 459 g/mol. The number of rotatable bonds is 3. The lowest BCUT2D eigenvalue weighted by molar-refractivity contribution is -0.146. The van der Waals surface area contributed by atoms with Gasteiger partial charge in [0.05, 0.1) is 26.2 Å². The number of likely N-dealkylation sites (tertiary alicyclic amines) is 1. The number of methoxy groups -OCH3 is 2. The van der Waals surface area contributed by atoms with Crippen LogP contribution in [0, 0.1) is 5.92 Å². The first-order valence-corrected chi connectivity index (χ1v) is 10.9. The van der Waals surface area contributed by atoms with Crippen LogP contribution in [0.2, 0.25) is 0 Å². The topological polar surface area (TPSA) is 94.6 Å². The molecular formula is C24H30N2O7. The van der Waals surface area contributed by atoms with Crippen LogP contribution in [-0.2, 0) is 23.8 Å². The highest BCUT2D eigenvalue weighted by atomic mass is 16.6. The van der Waals surface area contributed by atoms with Gasteiger partial charge in [0, 0.05) is 11.3 Å². The van der Waals surface area contributed by atoms with E-state index in [1.54, 1.807) is 37.6 Å². The zero-order valence-electron chi connectivity index (χ0n) is 19.8. The van der Waals surface area contributed by atoms with Crippen LogP contribution < -0.4 is 4.74 Å². The summed E-state index contributed by atoms with van der Waals surface area (Å²) in [7, 11) is 4.38. The fourth-order valence-corrected chi connectivity index (χ4v) is 5.01. The standard InChI is InChI=1S/C24H30N2O7/c1-24(2,3)33-23(29)26-15(10-13-8-7-9-18-19(13)17(26)12-32-18)20-14(21(27)30-5)11-16(25(20)4)22(28)31-6/h7-10,14,16-17,20H,11-12H2,1-6H3. The third-order valence-electron chi connectivity index (χ3n) is 6.38. The van der Waals surface area contributed by atoms with Crippen molar-refractivity contribution < 1.29 is 33.3 Å². The van der Waals surface area contributed by atoms with Gasteiger partial charge in [-0.15, -0.1) is 0 Å². The van der Waals surface area contributed by atoms with Gasteiger partial charge in [-0.05, 0) is 51.9 Å². The third kappa shape index (κ3) is 3.94. The van der Waals surface area contributed by atoms with Gasteiger partial charge in [0.2, 0.25) is 0 Å². The average Bonchev–Trinajstić information content (AvgIpc) is 3.33. The minimum Gasteiger partial charge on any atom is -0.491 e. The number of esters is 2. The van der Waals surface area contributed by atoms with Crippen molar-refractivity contribution in [3.05, 3.63) is 35.0 Å². The van der Waals surface area contributed by atoms with E-state index in [1.165, 1.54) is 14.2 Å². The molecule has 4 unspecified atom stereocenters. The molecular weight excluding hydrogens is 428 g/mol. The molecule has 0 N–H and O–H groups in total. The largest absolute Gasteiger partial charge is 0.491 e. The Balaban J connectivity index is 1.84. The maximum absolute atomic E-state index is 13.5. The van der Waals surface area contributed by atoms with Crippen molar-refractivity contribution in [2.45, 2.75) is 50.9 Å². The van der Waals surface area contributed by atoms with Crippen LogP contribution in [0.15, 0.2) is 23.9 Å². The molecule has 1 fully saturated rings. The number of hydrogen-bond donors (Lipinski definition) is 0. The van der Waals surface area contributed by atoms with Crippen LogP contribution >= 0.6 is 0 Å². The SMILES string of the molecule is COC(=O)C1CC(C(=O)OC)N(C)C1C1=Cc2cccc3c2C(CO3)N1C(=O)OC(C)(C)C. The molecule has 0 radical (unpaired) electrons. The number of likely N-dealkylation sites (N-methyl/N-ethyl adjacent to an activating group) is 1. The van der Waals surface area contributed by atoms with Crippen molar-refractivity contribution in [1.82, 2.24) is 9.80 Å². The predicted molar refractivity (Wildman–Crippen MR) is 118 cm³/mol. The number of ether oxygens (including phenoxy) is 4. The molecule has 1 amide bonds. The van der Waals surface area contributed by atoms with Crippen LogP contribution in [0.25, 0.3) is 6.08 Å². The van der Waals surface area contributed by atoms with Crippen LogP contribution in [0.1, 0.15) is 44.4 Å². The molecule has 0 saturated carbocycles. The van der Waals surface area contributed by atoms with E-state index >= 15 is 0 Å². The first-order chi connectivity index (χ1) is 15.6. The van der Waals surface area contributed by atoms with Gasteiger partial charge >= 0.3 is 18.0 Å². The van der Waals surface area contributed by atoms with Crippen molar-refractivity contribution in [2.75, 3.05) is 27.9 Å². The lowest BCUT2D eigenvalue weighted by atomic mass is 9.89. The normalized spacial score (nSPS) is 26.2. The Kier molecular flexibility index (Phi) is 5.86. The number of carbonyl (C=O) groups is 3. The summed E-state index contributed by atoms with van der Waals surface area (Å²) in [6.45, 7) is 5.67. The van der Waals surface area contributed by atoms with Gasteiger partial charge in [-0.3, -0.25) is 19.4 Å². The summed E-state index contributed by atoms with van der Waals surface area (Å²) in [5.41, 5.74) is 1.66. The maximum atomic E-state index is 13.5. The summed E-state index contributed by atoms with van der Waals surface area (Å²) >= 11 is 0. The van der Waals surface area contributed by atoms with E-state index in [-0.39, 0.29) is 13.0 Å². The second-order valence-electron chi connectivity index (χ2n) is 9.52. The van der Waals surface area contributed by atoms with Gasteiger partial charge in [0.1, 0.15) is 30.0 Å². The molecule has 0 aliphatic carbocycles. The molecule has 33 heavy (non-hydrogen) atoms. The van der Waals surface area contributed by atoms with Gasteiger partial charge in [0.25, 0.3) is 0 Å². The van der Waals surface area contributed by atoms with Crippen molar-refractivity contribution in [3.63, 3.8) is 0 Å². The van der Waals surface area contributed by atoms with E-state index in [2.05, 4.69) is 0 Å². The molecule has 3 aliphatic heterocycles. The molecule has 9 nitrogen and oxygen atoms in total. The minimum atomic E-state index is -0.723. The molecule has 0 aromatic heterocycles. The Hall–Kier alpha value is -3.07. The Bertz CT molecular complexity index is 1010. The summed E-state index contributed by atoms with van der Waals surface area (Å²) in [4.78, 5) is 42.1. The van der Waals surface area contributed by atoms with Gasteiger partial charge in [0.15, 0.2) is 0 Å². The molecule has 0 spiro atoms. The van der Waals surface area contributed by atoms with Crippen LogP contribution in [0.4, 0.5) is 4.79 Å².